The van der Waals surface area contributed by atoms with E-state index in [9.17, 15) is 8.78 Å². The second kappa shape index (κ2) is 8.47. The highest BCUT2D eigenvalue weighted by Crippen LogP contribution is 2.28. The molecular weight excluding hydrogens is 404 g/mol. The fraction of sp³-hybridized carbons (Fsp3) is 0. The minimum atomic E-state index is -0.722. The van der Waals surface area contributed by atoms with Gasteiger partial charge in [0.15, 0.2) is 17.5 Å². The second-order valence-electron chi connectivity index (χ2n) is 7.24. The van der Waals surface area contributed by atoms with E-state index in [4.69, 9.17) is 0 Å². The Kier molecular flexibility index (Phi) is 5.22. The Hall–Kier alpha value is -4.25. The average molecular weight is 421 g/mol. The number of benzene rings is 4. The Labute approximate surface area is 184 Å². The molecule has 3 nitrogen and oxygen atoms in total. The highest BCUT2D eigenvalue weighted by molar-refractivity contribution is 5.70. The molecule has 0 radical (unpaired) electrons. The maximum atomic E-state index is 14.5. The van der Waals surface area contributed by atoms with Crippen LogP contribution in [0.2, 0.25) is 0 Å². The summed E-state index contributed by atoms with van der Waals surface area (Å²) in [7, 11) is 0. The minimum absolute atomic E-state index is 0.119. The molecule has 1 heterocycles. The normalized spacial score (nSPS) is 10.8. The van der Waals surface area contributed by atoms with Gasteiger partial charge < -0.3 is 0 Å². The predicted octanol–water partition coefficient (Wildman–Crippen LogP) is 6.82. The van der Waals surface area contributed by atoms with Crippen LogP contribution in [0.4, 0.5) is 8.78 Å². The molecule has 0 spiro atoms. The third kappa shape index (κ3) is 4.01. The minimum Gasteiger partial charge on any atom is -0.208 e. The first-order valence-electron chi connectivity index (χ1n) is 10.1. The standard InChI is InChI=1S/C27H17F2N3/c28-22-15-16-23(24(29)17-22)27-31-25(20-9-5-2-6-10-20)30-26(32-27)21-13-11-19(12-14-21)18-7-3-1-4-8-18/h1-17H. The third-order valence-electron chi connectivity index (χ3n) is 5.09. The zero-order valence-electron chi connectivity index (χ0n) is 16.9. The topological polar surface area (TPSA) is 38.7 Å². The van der Waals surface area contributed by atoms with E-state index in [1.165, 1.54) is 12.1 Å². The van der Waals surface area contributed by atoms with E-state index in [1.54, 1.807) is 0 Å². The van der Waals surface area contributed by atoms with E-state index in [2.05, 4.69) is 15.0 Å². The van der Waals surface area contributed by atoms with Crippen molar-refractivity contribution in [3.8, 4) is 45.3 Å². The van der Waals surface area contributed by atoms with Crippen LogP contribution in [-0.4, -0.2) is 15.0 Å². The van der Waals surface area contributed by atoms with Crippen LogP contribution in [0.1, 0.15) is 0 Å². The highest BCUT2D eigenvalue weighted by Gasteiger charge is 2.15. The van der Waals surface area contributed by atoms with Crippen LogP contribution in [0.15, 0.2) is 103 Å². The number of nitrogens with zero attached hydrogens (tertiary/aromatic N) is 3. The van der Waals surface area contributed by atoms with Gasteiger partial charge in [-0.2, -0.15) is 0 Å². The summed E-state index contributed by atoms with van der Waals surface area (Å²) >= 11 is 0. The zero-order valence-corrected chi connectivity index (χ0v) is 16.9. The van der Waals surface area contributed by atoms with Gasteiger partial charge in [-0.1, -0.05) is 84.9 Å². The molecule has 0 atom stereocenters. The molecule has 4 aromatic carbocycles. The lowest BCUT2D eigenvalue weighted by molar-refractivity contribution is 0.585. The number of hydrogen-bond donors (Lipinski definition) is 0. The summed E-state index contributed by atoms with van der Waals surface area (Å²) in [6.45, 7) is 0. The maximum absolute atomic E-state index is 14.5. The van der Waals surface area contributed by atoms with Gasteiger partial charge in [-0.15, -0.1) is 0 Å². The molecule has 0 aliphatic rings. The molecule has 5 aromatic rings. The van der Waals surface area contributed by atoms with Gasteiger partial charge in [0.25, 0.3) is 0 Å². The van der Waals surface area contributed by atoms with E-state index in [0.717, 1.165) is 28.3 Å². The van der Waals surface area contributed by atoms with E-state index < -0.39 is 11.6 Å². The van der Waals surface area contributed by atoms with Crippen LogP contribution >= 0.6 is 0 Å². The summed E-state index contributed by atoms with van der Waals surface area (Å²) in [6, 6.07) is 30.7. The molecule has 0 N–H and O–H groups in total. The fourth-order valence-electron chi connectivity index (χ4n) is 3.45. The molecule has 0 aliphatic carbocycles. The Morgan fingerprint density at radius 3 is 1.50 bits per heavy atom. The highest BCUT2D eigenvalue weighted by atomic mass is 19.1. The smallest absolute Gasteiger partial charge is 0.167 e. The van der Waals surface area contributed by atoms with Crippen molar-refractivity contribution in [3.63, 3.8) is 0 Å². The van der Waals surface area contributed by atoms with Crippen LogP contribution in [0, 0.1) is 11.6 Å². The fourth-order valence-corrected chi connectivity index (χ4v) is 3.45. The van der Waals surface area contributed by atoms with Crippen LogP contribution < -0.4 is 0 Å². The molecule has 0 bridgehead atoms. The van der Waals surface area contributed by atoms with Gasteiger partial charge in [-0.05, 0) is 23.3 Å². The van der Waals surface area contributed by atoms with Gasteiger partial charge in [-0.25, -0.2) is 23.7 Å². The van der Waals surface area contributed by atoms with Crippen molar-refractivity contribution < 1.29 is 8.78 Å². The van der Waals surface area contributed by atoms with Crippen LogP contribution in [0.5, 0.6) is 0 Å². The molecular formula is C27H17F2N3. The first kappa shape index (κ1) is 19.7. The largest absolute Gasteiger partial charge is 0.208 e. The summed E-state index contributed by atoms with van der Waals surface area (Å²) in [5.41, 5.74) is 3.84. The Morgan fingerprint density at radius 1 is 0.438 bits per heavy atom. The molecule has 5 rings (SSSR count). The lowest BCUT2D eigenvalue weighted by Gasteiger charge is -2.09. The van der Waals surface area contributed by atoms with E-state index >= 15 is 0 Å². The first-order valence-corrected chi connectivity index (χ1v) is 10.1. The molecule has 0 saturated carbocycles. The molecule has 0 saturated heterocycles. The van der Waals surface area contributed by atoms with Gasteiger partial charge in [-0.3, -0.25) is 0 Å². The summed E-state index contributed by atoms with van der Waals surface area (Å²) in [6.07, 6.45) is 0. The zero-order chi connectivity index (χ0) is 21.9. The average Bonchev–Trinajstić information content (AvgIpc) is 2.85. The number of hydrogen-bond acceptors (Lipinski definition) is 3. The Bertz CT molecular complexity index is 1370. The molecule has 0 amide bonds. The summed E-state index contributed by atoms with van der Waals surface area (Å²) in [4.78, 5) is 13.6. The van der Waals surface area contributed by atoms with Crippen molar-refractivity contribution in [2.45, 2.75) is 0 Å². The summed E-state index contributed by atoms with van der Waals surface area (Å²) in [5.74, 6) is -0.391. The van der Waals surface area contributed by atoms with E-state index in [1.807, 2.05) is 84.9 Å². The maximum Gasteiger partial charge on any atom is 0.167 e. The van der Waals surface area contributed by atoms with E-state index in [0.29, 0.717) is 11.6 Å². The van der Waals surface area contributed by atoms with Crippen molar-refractivity contribution in [1.29, 1.82) is 0 Å². The molecule has 154 valence electrons. The van der Waals surface area contributed by atoms with E-state index in [-0.39, 0.29) is 11.4 Å². The van der Waals surface area contributed by atoms with Gasteiger partial charge in [0, 0.05) is 17.2 Å². The SMILES string of the molecule is Fc1ccc(-c2nc(-c3ccccc3)nc(-c3ccc(-c4ccccc4)cc3)n2)c(F)c1. The van der Waals surface area contributed by atoms with Gasteiger partial charge in [0.1, 0.15) is 11.6 Å². The lowest BCUT2D eigenvalue weighted by atomic mass is 10.0. The van der Waals surface area contributed by atoms with Crippen LogP contribution in [0.25, 0.3) is 45.3 Å². The molecule has 0 aliphatic heterocycles. The molecule has 1 aromatic heterocycles. The first-order chi connectivity index (χ1) is 15.7. The van der Waals surface area contributed by atoms with Gasteiger partial charge in [0.05, 0.1) is 5.56 Å². The Balaban J connectivity index is 1.63. The predicted molar refractivity (Wildman–Crippen MR) is 121 cm³/mol. The van der Waals surface area contributed by atoms with Crippen LogP contribution in [-0.2, 0) is 0 Å². The monoisotopic (exact) mass is 421 g/mol. The van der Waals surface area contributed by atoms with Crippen LogP contribution in [0.3, 0.4) is 0 Å². The van der Waals surface area contributed by atoms with Crippen molar-refractivity contribution in [3.05, 3.63) is 115 Å². The van der Waals surface area contributed by atoms with Gasteiger partial charge >= 0.3 is 0 Å². The molecule has 0 fully saturated rings. The van der Waals surface area contributed by atoms with Gasteiger partial charge in [0.2, 0.25) is 0 Å². The van der Waals surface area contributed by atoms with Crippen molar-refractivity contribution in [2.24, 2.45) is 0 Å². The lowest BCUT2D eigenvalue weighted by Crippen LogP contribution is -2.01. The number of rotatable bonds is 4. The van der Waals surface area contributed by atoms with Crippen molar-refractivity contribution >= 4 is 0 Å². The summed E-state index contributed by atoms with van der Waals surface area (Å²) < 4.78 is 27.9. The van der Waals surface area contributed by atoms with Crippen molar-refractivity contribution in [2.75, 3.05) is 0 Å². The second-order valence-corrected chi connectivity index (χ2v) is 7.24. The van der Waals surface area contributed by atoms with Crippen molar-refractivity contribution in [1.82, 2.24) is 15.0 Å². The quantitative estimate of drug-likeness (QED) is 0.320. The number of halogens is 2. The Morgan fingerprint density at radius 2 is 0.906 bits per heavy atom. The molecule has 0 unspecified atom stereocenters. The molecule has 5 heteroatoms. The third-order valence-corrected chi connectivity index (χ3v) is 5.09. The number of aromatic nitrogens is 3. The summed E-state index contributed by atoms with van der Waals surface area (Å²) in [5, 5.41) is 0. The molecule has 32 heavy (non-hydrogen) atoms.